The molecule has 2 N–H and O–H groups in total. The number of thiophene rings is 1. The van der Waals surface area contributed by atoms with Crippen LogP contribution in [0.4, 0.5) is 0 Å². The first-order valence-electron chi connectivity index (χ1n) is 5.94. The molecule has 0 aliphatic heterocycles. The van der Waals surface area contributed by atoms with Crippen LogP contribution in [0.3, 0.4) is 0 Å². The Balaban J connectivity index is 2.21. The van der Waals surface area contributed by atoms with Crippen LogP contribution in [-0.4, -0.2) is 18.3 Å². The SMILES string of the molecule is CC(NCCCCCCO)c1cc(Cl)sc1Cl. The van der Waals surface area contributed by atoms with Crippen LogP contribution in [0, 0.1) is 0 Å². The van der Waals surface area contributed by atoms with Gasteiger partial charge in [-0.2, -0.15) is 0 Å². The molecule has 2 nitrogen and oxygen atoms in total. The Morgan fingerprint density at radius 1 is 1.29 bits per heavy atom. The molecule has 1 aromatic rings. The average Bonchev–Trinajstić information content (AvgIpc) is 2.62. The van der Waals surface area contributed by atoms with E-state index in [-0.39, 0.29) is 6.04 Å². The first kappa shape index (κ1) is 15.3. The largest absolute Gasteiger partial charge is 0.396 e. The molecule has 1 rings (SSSR count). The summed E-state index contributed by atoms with van der Waals surface area (Å²) < 4.78 is 1.51. The fourth-order valence-electron chi connectivity index (χ4n) is 1.67. The van der Waals surface area contributed by atoms with Gasteiger partial charge in [0.15, 0.2) is 0 Å². The summed E-state index contributed by atoms with van der Waals surface area (Å²) in [5, 5.41) is 12.1. The molecule has 5 heteroatoms. The number of nitrogens with one attached hydrogen (secondary N) is 1. The molecular weight excluding hydrogens is 277 g/mol. The minimum Gasteiger partial charge on any atom is -0.396 e. The zero-order valence-corrected chi connectivity index (χ0v) is 12.3. The van der Waals surface area contributed by atoms with Gasteiger partial charge in [-0.15, -0.1) is 11.3 Å². The molecule has 1 aromatic heterocycles. The summed E-state index contributed by atoms with van der Waals surface area (Å²) in [7, 11) is 0. The van der Waals surface area contributed by atoms with Gasteiger partial charge in [0.2, 0.25) is 0 Å². The van der Waals surface area contributed by atoms with E-state index in [1.54, 1.807) is 0 Å². The van der Waals surface area contributed by atoms with Crippen molar-refractivity contribution in [2.45, 2.75) is 38.6 Å². The molecule has 98 valence electrons. The molecule has 0 amide bonds. The normalized spacial score (nSPS) is 12.9. The van der Waals surface area contributed by atoms with E-state index in [1.807, 2.05) is 6.07 Å². The predicted octanol–water partition coefficient (Wildman–Crippen LogP) is 4.26. The van der Waals surface area contributed by atoms with Crippen molar-refractivity contribution in [3.05, 3.63) is 20.3 Å². The second-order valence-corrected chi connectivity index (χ2v) is 6.38. The smallest absolute Gasteiger partial charge is 0.0991 e. The zero-order chi connectivity index (χ0) is 12.7. The molecular formula is C12H19Cl2NOS. The van der Waals surface area contributed by atoms with E-state index in [9.17, 15) is 0 Å². The lowest BCUT2D eigenvalue weighted by molar-refractivity contribution is 0.282. The molecule has 17 heavy (non-hydrogen) atoms. The van der Waals surface area contributed by atoms with Gasteiger partial charge in [0.05, 0.1) is 8.67 Å². The Morgan fingerprint density at radius 2 is 2.00 bits per heavy atom. The van der Waals surface area contributed by atoms with Crippen molar-refractivity contribution < 1.29 is 5.11 Å². The quantitative estimate of drug-likeness (QED) is 0.703. The molecule has 0 aromatic carbocycles. The van der Waals surface area contributed by atoms with E-state index >= 15 is 0 Å². The number of halogens is 2. The van der Waals surface area contributed by atoms with Crippen molar-refractivity contribution in [2.24, 2.45) is 0 Å². The molecule has 0 aliphatic rings. The number of hydrogen-bond acceptors (Lipinski definition) is 3. The number of hydrogen-bond donors (Lipinski definition) is 2. The molecule has 0 radical (unpaired) electrons. The predicted molar refractivity (Wildman–Crippen MR) is 76.3 cm³/mol. The minimum atomic E-state index is 0.240. The van der Waals surface area contributed by atoms with Gasteiger partial charge < -0.3 is 10.4 Å². The minimum absolute atomic E-state index is 0.240. The highest BCUT2D eigenvalue weighted by Gasteiger charge is 2.12. The van der Waals surface area contributed by atoms with E-state index in [0.29, 0.717) is 6.61 Å². The third-order valence-corrected chi connectivity index (χ3v) is 4.20. The Labute approximate surface area is 117 Å². The summed E-state index contributed by atoms with van der Waals surface area (Å²) in [6.07, 6.45) is 4.28. The average molecular weight is 296 g/mol. The lowest BCUT2D eigenvalue weighted by Crippen LogP contribution is -2.19. The van der Waals surface area contributed by atoms with Gasteiger partial charge in [0, 0.05) is 12.6 Å². The first-order valence-corrected chi connectivity index (χ1v) is 7.51. The van der Waals surface area contributed by atoms with Crippen molar-refractivity contribution in [3.8, 4) is 0 Å². The van der Waals surface area contributed by atoms with Crippen molar-refractivity contribution in [1.29, 1.82) is 0 Å². The van der Waals surface area contributed by atoms with Crippen LogP contribution in [-0.2, 0) is 0 Å². The monoisotopic (exact) mass is 295 g/mol. The maximum atomic E-state index is 8.65. The van der Waals surface area contributed by atoms with Gasteiger partial charge >= 0.3 is 0 Å². The van der Waals surface area contributed by atoms with Crippen molar-refractivity contribution >= 4 is 34.5 Å². The van der Waals surface area contributed by atoms with Crippen LogP contribution in [0.15, 0.2) is 6.07 Å². The van der Waals surface area contributed by atoms with Gasteiger partial charge in [-0.05, 0) is 37.9 Å². The maximum absolute atomic E-state index is 8.65. The molecule has 0 bridgehead atoms. The van der Waals surface area contributed by atoms with Gasteiger partial charge in [-0.25, -0.2) is 0 Å². The molecule has 0 saturated carbocycles. The Bertz CT molecular complexity index is 330. The van der Waals surface area contributed by atoms with E-state index in [4.69, 9.17) is 28.3 Å². The Hall–Kier alpha value is 0.200. The van der Waals surface area contributed by atoms with Crippen molar-refractivity contribution in [2.75, 3.05) is 13.2 Å². The van der Waals surface area contributed by atoms with Gasteiger partial charge in [0.1, 0.15) is 0 Å². The first-order chi connectivity index (χ1) is 8.15. The third-order valence-electron chi connectivity index (χ3n) is 2.68. The van der Waals surface area contributed by atoms with Crippen LogP contribution in [0.1, 0.15) is 44.2 Å². The summed E-state index contributed by atoms with van der Waals surface area (Å²) in [4.78, 5) is 0. The highest BCUT2D eigenvalue weighted by atomic mass is 35.5. The van der Waals surface area contributed by atoms with E-state index in [2.05, 4.69) is 12.2 Å². The lowest BCUT2D eigenvalue weighted by atomic mass is 10.1. The molecule has 1 unspecified atom stereocenters. The molecule has 0 fully saturated rings. The zero-order valence-electron chi connectivity index (χ0n) is 10.0. The van der Waals surface area contributed by atoms with Crippen LogP contribution in [0.25, 0.3) is 0 Å². The topological polar surface area (TPSA) is 32.3 Å². The summed E-state index contributed by atoms with van der Waals surface area (Å²) in [6, 6.07) is 2.17. The van der Waals surface area contributed by atoms with Crippen molar-refractivity contribution in [1.82, 2.24) is 5.32 Å². The fraction of sp³-hybridized carbons (Fsp3) is 0.667. The number of aliphatic hydroxyl groups excluding tert-OH is 1. The van der Waals surface area contributed by atoms with Crippen molar-refractivity contribution in [3.63, 3.8) is 0 Å². The van der Waals surface area contributed by atoms with Crippen LogP contribution < -0.4 is 5.32 Å². The summed E-state index contributed by atoms with van der Waals surface area (Å²) >= 11 is 13.4. The van der Waals surface area contributed by atoms with E-state index < -0.39 is 0 Å². The molecule has 1 atom stereocenters. The number of rotatable bonds is 8. The van der Waals surface area contributed by atoms with E-state index in [1.165, 1.54) is 11.3 Å². The Morgan fingerprint density at radius 3 is 2.59 bits per heavy atom. The highest BCUT2D eigenvalue weighted by Crippen LogP contribution is 2.34. The fourth-order valence-corrected chi connectivity index (χ4v) is 3.31. The second kappa shape index (κ2) is 8.33. The standard InChI is InChI=1S/C12H19Cl2NOS/c1-9(10-8-11(13)17-12(10)14)15-6-4-2-3-5-7-16/h8-9,15-16H,2-7H2,1H3. The summed E-state index contributed by atoms with van der Waals surface area (Å²) in [5.41, 5.74) is 1.08. The molecule has 0 aliphatic carbocycles. The second-order valence-electron chi connectivity index (χ2n) is 4.09. The maximum Gasteiger partial charge on any atom is 0.0991 e. The van der Waals surface area contributed by atoms with Crippen LogP contribution >= 0.6 is 34.5 Å². The van der Waals surface area contributed by atoms with Crippen LogP contribution in [0.5, 0.6) is 0 Å². The summed E-state index contributed by atoms with van der Waals surface area (Å²) in [6.45, 7) is 3.36. The van der Waals surface area contributed by atoms with Gasteiger partial charge in [-0.1, -0.05) is 36.0 Å². The highest BCUT2D eigenvalue weighted by molar-refractivity contribution is 7.20. The molecule has 0 saturated heterocycles. The molecule has 1 heterocycles. The van der Waals surface area contributed by atoms with Gasteiger partial charge in [0.25, 0.3) is 0 Å². The number of unbranched alkanes of at least 4 members (excludes halogenated alkanes) is 3. The summed E-state index contributed by atoms with van der Waals surface area (Å²) in [5.74, 6) is 0. The molecule has 0 spiro atoms. The van der Waals surface area contributed by atoms with Crippen LogP contribution in [0.2, 0.25) is 8.67 Å². The van der Waals surface area contributed by atoms with Gasteiger partial charge in [-0.3, -0.25) is 0 Å². The number of aliphatic hydroxyl groups is 1. The van der Waals surface area contributed by atoms with E-state index in [0.717, 1.165) is 46.5 Å². The Kier molecular flexibility index (Phi) is 7.47. The third kappa shape index (κ3) is 5.58. The lowest BCUT2D eigenvalue weighted by Gasteiger charge is -2.12.